The van der Waals surface area contributed by atoms with Gasteiger partial charge in [0.2, 0.25) is 0 Å². The third kappa shape index (κ3) is 1.40. The lowest BCUT2D eigenvalue weighted by atomic mass is 10.3. The van der Waals surface area contributed by atoms with Crippen LogP contribution in [0.15, 0.2) is 11.4 Å². The SMILES string of the molecule is O=C(O)c1csc2cc(C(F)F)sc12. The number of carboxylic acids is 1. The monoisotopic (exact) mass is 234 g/mol. The standard InChI is InChI=1S/C8H4F2O2S2/c9-7(10)5-1-4-6(14-5)3(2-13-4)8(11)12/h1-2,7H,(H,11,12). The molecule has 0 bridgehead atoms. The van der Waals surface area contributed by atoms with Gasteiger partial charge < -0.3 is 5.11 Å². The smallest absolute Gasteiger partial charge is 0.338 e. The van der Waals surface area contributed by atoms with Gasteiger partial charge in [-0.1, -0.05) is 0 Å². The van der Waals surface area contributed by atoms with Gasteiger partial charge in [-0.3, -0.25) is 0 Å². The second-order valence-electron chi connectivity index (χ2n) is 2.60. The maximum Gasteiger partial charge on any atom is 0.338 e. The van der Waals surface area contributed by atoms with Crippen LogP contribution in [0.2, 0.25) is 0 Å². The molecule has 0 radical (unpaired) electrons. The number of carboxylic acid groups (broad SMARTS) is 1. The molecule has 0 fully saturated rings. The highest BCUT2D eigenvalue weighted by molar-refractivity contribution is 7.27. The first-order valence-corrected chi connectivity index (χ1v) is 5.31. The molecule has 2 aromatic rings. The molecule has 0 aliphatic heterocycles. The van der Waals surface area contributed by atoms with Gasteiger partial charge in [0.05, 0.1) is 15.1 Å². The Morgan fingerprint density at radius 2 is 2.21 bits per heavy atom. The molecule has 0 spiro atoms. The van der Waals surface area contributed by atoms with Crippen LogP contribution in [0.4, 0.5) is 8.78 Å². The number of halogens is 2. The average Bonchev–Trinajstić information content (AvgIpc) is 2.58. The van der Waals surface area contributed by atoms with Crippen LogP contribution in [0.5, 0.6) is 0 Å². The van der Waals surface area contributed by atoms with Crippen molar-refractivity contribution in [2.75, 3.05) is 0 Å². The van der Waals surface area contributed by atoms with Gasteiger partial charge in [-0.05, 0) is 6.07 Å². The van der Waals surface area contributed by atoms with Crippen molar-refractivity contribution in [3.8, 4) is 0 Å². The van der Waals surface area contributed by atoms with Crippen molar-refractivity contribution in [3.63, 3.8) is 0 Å². The maximum atomic E-state index is 12.3. The third-order valence-electron chi connectivity index (χ3n) is 1.71. The quantitative estimate of drug-likeness (QED) is 0.862. The molecule has 0 aliphatic carbocycles. The fourth-order valence-corrected chi connectivity index (χ4v) is 3.31. The predicted molar refractivity (Wildman–Crippen MR) is 51.6 cm³/mol. The lowest BCUT2D eigenvalue weighted by Gasteiger charge is -1.89. The van der Waals surface area contributed by atoms with Crippen molar-refractivity contribution in [2.24, 2.45) is 0 Å². The Balaban J connectivity index is 2.61. The molecule has 74 valence electrons. The van der Waals surface area contributed by atoms with E-state index in [0.717, 1.165) is 11.3 Å². The summed E-state index contributed by atoms with van der Waals surface area (Å²) in [7, 11) is 0. The van der Waals surface area contributed by atoms with Crippen LogP contribution in [0.25, 0.3) is 9.40 Å². The molecule has 2 aromatic heterocycles. The predicted octanol–water partition coefficient (Wildman–Crippen LogP) is 3.60. The summed E-state index contributed by atoms with van der Waals surface area (Å²) in [6.45, 7) is 0. The Bertz CT molecular complexity index is 486. The Labute approximate surface area is 85.4 Å². The topological polar surface area (TPSA) is 37.3 Å². The minimum atomic E-state index is -2.53. The lowest BCUT2D eigenvalue weighted by Crippen LogP contribution is -1.91. The molecule has 0 unspecified atom stereocenters. The molecule has 2 heterocycles. The summed E-state index contributed by atoms with van der Waals surface area (Å²) in [5.74, 6) is -1.07. The molecule has 6 heteroatoms. The molecule has 0 aliphatic rings. The van der Waals surface area contributed by atoms with Gasteiger partial charge in [0, 0.05) is 10.1 Å². The maximum absolute atomic E-state index is 12.3. The largest absolute Gasteiger partial charge is 0.478 e. The number of aromatic carboxylic acids is 1. The fraction of sp³-hybridized carbons (Fsp3) is 0.125. The van der Waals surface area contributed by atoms with E-state index in [1.807, 2.05) is 0 Å². The fourth-order valence-electron chi connectivity index (χ4n) is 1.10. The van der Waals surface area contributed by atoms with Gasteiger partial charge in [0.25, 0.3) is 6.43 Å². The highest BCUT2D eigenvalue weighted by atomic mass is 32.1. The molecule has 1 N–H and O–H groups in total. The Morgan fingerprint density at radius 3 is 2.79 bits per heavy atom. The van der Waals surface area contributed by atoms with Gasteiger partial charge in [0.15, 0.2) is 0 Å². The van der Waals surface area contributed by atoms with Crippen LogP contribution in [0, 0.1) is 0 Å². The zero-order valence-electron chi connectivity index (χ0n) is 6.66. The first kappa shape index (κ1) is 9.54. The molecule has 0 saturated heterocycles. The van der Waals surface area contributed by atoms with Gasteiger partial charge in [0.1, 0.15) is 0 Å². The highest BCUT2D eigenvalue weighted by Crippen LogP contribution is 2.37. The Morgan fingerprint density at radius 1 is 1.50 bits per heavy atom. The number of thiophene rings is 2. The van der Waals surface area contributed by atoms with Crippen LogP contribution >= 0.6 is 22.7 Å². The van der Waals surface area contributed by atoms with E-state index < -0.39 is 12.4 Å². The summed E-state index contributed by atoms with van der Waals surface area (Å²) < 4.78 is 25.6. The molecule has 0 aromatic carbocycles. The van der Waals surface area contributed by atoms with E-state index in [4.69, 9.17) is 5.11 Å². The van der Waals surface area contributed by atoms with Gasteiger partial charge >= 0.3 is 5.97 Å². The normalized spacial score (nSPS) is 11.4. The summed E-state index contributed by atoms with van der Waals surface area (Å²) in [4.78, 5) is 10.6. The highest BCUT2D eigenvalue weighted by Gasteiger charge is 2.17. The van der Waals surface area contributed by atoms with Crippen LogP contribution < -0.4 is 0 Å². The third-order valence-corrected chi connectivity index (χ3v) is 3.95. The molecule has 0 saturated carbocycles. The lowest BCUT2D eigenvalue weighted by molar-refractivity contribution is 0.0699. The summed E-state index contributed by atoms with van der Waals surface area (Å²) in [6.07, 6.45) is -2.53. The number of carbonyl (C=O) groups is 1. The average molecular weight is 234 g/mol. The zero-order valence-corrected chi connectivity index (χ0v) is 8.29. The van der Waals surface area contributed by atoms with Crippen LogP contribution in [-0.2, 0) is 0 Å². The van der Waals surface area contributed by atoms with E-state index in [-0.39, 0.29) is 10.4 Å². The number of hydrogen-bond donors (Lipinski definition) is 1. The number of fused-ring (bicyclic) bond motifs is 1. The number of alkyl halides is 2. The van der Waals surface area contributed by atoms with Crippen molar-refractivity contribution in [3.05, 3.63) is 21.9 Å². The van der Waals surface area contributed by atoms with E-state index in [0.29, 0.717) is 9.40 Å². The first-order valence-electron chi connectivity index (χ1n) is 3.62. The number of hydrogen-bond acceptors (Lipinski definition) is 3. The second kappa shape index (κ2) is 3.29. The van der Waals surface area contributed by atoms with Gasteiger partial charge in [-0.15, -0.1) is 22.7 Å². The molecular formula is C8H4F2O2S2. The van der Waals surface area contributed by atoms with E-state index in [2.05, 4.69) is 0 Å². The zero-order chi connectivity index (χ0) is 10.3. The summed E-state index contributed by atoms with van der Waals surface area (Å²) in [5.41, 5.74) is 0.113. The van der Waals surface area contributed by atoms with Crippen LogP contribution in [-0.4, -0.2) is 11.1 Å². The van der Waals surface area contributed by atoms with Crippen molar-refractivity contribution in [2.45, 2.75) is 6.43 Å². The molecule has 2 nitrogen and oxygen atoms in total. The van der Waals surface area contributed by atoms with Crippen LogP contribution in [0.1, 0.15) is 21.7 Å². The van der Waals surface area contributed by atoms with E-state index in [9.17, 15) is 13.6 Å². The summed E-state index contributed by atoms with van der Waals surface area (Å²) in [5, 5.41) is 10.2. The molecule has 0 atom stereocenters. The van der Waals surface area contributed by atoms with Gasteiger partial charge in [-0.25, -0.2) is 13.6 Å². The molecule has 14 heavy (non-hydrogen) atoms. The molecule has 0 amide bonds. The van der Waals surface area contributed by atoms with Crippen molar-refractivity contribution in [1.29, 1.82) is 0 Å². The Kier molecular flexibility index (Phi) is 2.24. The minimum Gasteiger partial charge on any atom is -0.478 e. The van der Waals surface area contributed by atoms with E-state index in [1.165, 1.54) is 22.8 Å². The summed E-state index contributed by atoms with van der Waals surface area (Å²) in [6, 6.07) is 1.35. The van der Waals surface area contributed by atoms with Crippen molar-refractivity contribution >= 4 is 38.0 Å². The second-order valence-corrected chi connectivity index (χ2v) is 4.59. The molecule has 2 rings (SSSR count). The first-order chi connectivity index (χ1) is 6.59. The van der Waals surface area contributed by atoms with E-state index in [1.54, 1.807) is 0 Å². The minimum absolute atomic E-state index is 0.0747. The van der Waals surface area contributed by atoms with Crippen LogP contribution in [0.3, 0.4) is 0 Å². The van der Waals surface area contributed by atoms with Crippen molar-refractivity contribution in [1.82, 2.24) is 0 Å². The Hall–Kier alpha value is -1.01. The number of rotatable bonds is 2. The molecular weight excluding hydrogens is 230 g/mol. The van der Waals surface area contributed by atoms with E-state index >= 15 is 0 Å². The van der Waals surface area contributed by atoms with Crippen molar-refractivity contribution < 1.29 is 18.7 Å². The van der Waals surface area contributed by atoms with Gasteiger partial charge in [-0.2, -0.15) is 0 Å². The summed E-state index contributed by atoms with van der Waals surface area (Å²) >= 11 is 2.02.